The van der Waals surface area contributed by atoms with Gasteiger partial charge in [-0.05, 0) is 14.0 Å². The molecular formula is C11H26N2O2. The fourth-order valence-electron chi connectivity index (χ4n) is 0.249. The number of rotatable bonds is 3. The molecule has 0 saturated heterocycles. The number of amides is 1. The molecule has 0 aromatic carbocycles. The second-order valence-corrected chi connectivity index (χ2v) is 3.06. The Morgan fingerprint density at radius 2 is 1.47 bits per heavy atom. The Morgan fingerprint density at radius 3 is 1.53 bits per heavy atom. The van der Waals surface area contributed by atoms with Gasteiger partial charge in [-0.2, -0.15) is 0 Å². The van der Waals surface area contributed by atoms with Crippen LogP contribution in [-0.2, 0) is 9.59 Å². The van der Waals surface area contributed by atoms with Crippen molar-refractivity contribution in [2.75, 3.05) is 13.6 Å². The van der Waals surface area contributed by atoms with Gasteiger partial charge in [0.1, 0.15) is 5.78 Å². The lowest BCUT2D eigenvalue weighted by Crippen LogP contribution is -2.25. The number of carbonyl (C=O) groups is 2. The summed E-state index contributed by atoms with van der Waals surface area (Å²) in [6.45, 7) is 11.2. The zero-order valence-electron chi connectivity index (χ0n) is 11.1. The number of hydrogen-bond acceptors (Lipinski definition) is 3. The van der Waals surface area contributed by atoms with Crippen LogP contribution in [0.15, 0.2) is 0 Å². The van der Waals surface area contributed by atoms with Gasteiger partial charge in [0.25, 0.3) is 0 Å². The third-order valence-electron chi connectivity index (χ3n) is 1.16. The largest absolute Gasteiger partial charge is 0.349 e. The summed E-state index contributed by atoms with van der Waals surface area (Å²) in [5.41, 5.74) is 0. The summed E-state index contributed by atoms with van der Waals surface area (Å²) in [6, 6.07) is 0.634. The Bertz CT molecular complexity index is 143. The molecule has 0 atom stereocenters. The van der Waals surface area contributed by atoms with Gasteiger partial charge in [-0.1, -0.05) is 27.7 Å². The molecule has 0 aromatic heterocycles. The zero-order chi connectivity index (χ0) is 12.9. The van der Waals surface area contributed by atoms with E-state index in [9.17, 15) is 9.59 Å². The molecule has 0 heterocycles. The molecule has 0 bridgehead atoms. The lowest BCUT2D eigenvalue weighted by molar-refractivity contribution is -0.123. The molecule has 0 saturated carbocycles. The highest BCUT2D eigenvalue weighted by atomic mass is 16.2. The molecule has 0 rings (SSSR count). The first-order chi connectivity index (χ1) is 6.90. The van der Waals surface area contributed by atoms with Crippen LogP contribution >= 0.6 is 0 Å². The van der Waals surface area contributed by atoms with Crippen LogP contribution in [0.5, 0.6) is 0 Å². The van der Waals surface area contributed by atoms with E-state index in [1.165, 1.54) is 13.8 Å². The first-order valence-corrected chi connectivity index (χ1v) is 5.31. The summed E-state index contributed by atoms with van der Waals surface area (Å²) in [5.74, 6) is -0.194. The molecule has 0 aromatic rings. The number of Topliss-reactive ketones (excluding diaryl/α,β-unsaturated/α-hetero) is 1. The summed E-state index contributed by atoms with van der Waals surface area (Å²) in [6.07, 6.45) is 0. The number of ketones is 1. The monoisotopic (exact) mass is 218 g/mol. The first kappa shape index (κ1) is 19.6. The van der Waals surface area contributed by atoms with Gasteiger partial charge in [-0.25, -0.2) is 0 Å². The number of hydrogen-bond donors (Lipinski definition) is 2. The van der Waals surface area contributed by atoms with E-state index >= 15 is 0 Å². The standard InChI is InChI=1S/C5H9NO2.C4H11N.C2H6/c1-4(7)3-6-5(2)8;1-4(2)5-3;1-2/h3H2,1-2H3,(H,6,8);4-5H,1-3H3;1-2H3. The third-order valence-corrected chi connectivity index (χ3v) is 1.16. The fourth-order valence-corrected chi connectivity index (χ4v) is 0.249. The molecule has 0 radical (unpaired) electrons. The van der Waals surface area contributed by atoms with Crippen molar-refractivity contribution in [3.63, 3.8) is 0 Å². The average molecular weight is 218 g/mol. The Kier molecular flexibility index (Phi) is 20.4. The molecule has 15 heavy (non-hydrogen) atoms. The molecule has 0 aliphatic rings. The van der Waals surface area contributed by atoms with Gasteiger partial charge in [0.2, 0.25) is 5.91 Å². The average Bonchev–Trinajstić information content (AvgIpc) is 2.19. The molecular weight excluding hydrogens is 192 g/mol. The Hall–Kier alpha value is -0.900. The van der Waals surface area contributed by atoms with Crippen molar-refractivity contribution in [2.24, 2.45) is 0 Å². The topological polar surface area (TPSA) is 58.2 Å². The molecule has 4 nitrogen and oxygen atoms in total. The fraction of sp³-hybridized carbons (Fsp3) is 0.818. The highest BCUT2D eigenvalue weighted by molar-refractivity contribution is 5.83. The van der Waals surface area contributed by atoms with Crippen LogP contribution in [0.1, 0.15) is 41.5 Å². The van der Waals surface area contributed by atoms with Crippen LogP contribution in [0.4, 0.5) is 0 Å². The maximum absolute atomic E-state index is 10.1. The molecule has 0 aliphatic carbocycles. The maximum Gasteiger partial charge on any atom is 0.217 e. The van der Waals surface area contributed by atoms with E-state index in [1.807, 2.05) is 20.9 Å². The molecule has 92 valence electrons. The van der Waals surface area contributed by atoms with Crippen molar-refractivity contribution in [1.82, 2.24) is 10.6 Å². The predicted molar refractivity (Wildman–Crippen MR) is 64.9 cm³/mol. The summed E-state index contributed by atoms with van der Waals surface area (Å²) in [7, 11) is 1.95. The molecule has 1 amide bonds. The first-order valence-electron chi connectivity index (χ1n) is 5.31. The van der Waals surface area contributed by atoms with Crippen molar-refractivity contribution >= 4 is 11.7 Å². The molecule has 0 aliphatic heterocycles. The lowest BCUT2D eigenvalue weighted by Gasteiger charge is -1.95. The molecule has 0 unspecified atom stereocenters. The third kappa shape index (κ3) is 43.4. The molecule has 2 N–H and O–H groups in total. The second-order valence-electron chi connectivity index (χ2n) is 3.06. The van der Waals surface area contributed by atoms with Gasteiger partial charge in [0.05, 0.1) is 6.54 Å². The van der Waals surface area contributed by atoms with Crippen molar-refractivity contribution < 1.29 is 9.59 Å². The van der Waals surface area contributed by atoms with Crippen molar-refractivity contribution in [3.05, 3.63) is 0 Å². The van der Waals surface area contributed by atoms with E-state index in [-0.39, 0.29) is 18.2 Å². The van der Waals surface area contributed by atoms with Crippen molar-refractivity contribution in [3.8, 4) is 0 Å². The summed E-state index contributed by atoms with van der Waals surface area (Å²) in [4.78, 5) is 20.2. The van der Waals surface area contributed by atoms with E-state index in [2.05, 4.69) is 24.5 Å². The van der Waals surface area contributed by atoms with E-state index in [0.29, 0.717) is 6.04 Å². The zero-order valence-corrected chi connectivity index (χ0v) is 11.1. The minimum absolute atomic E-state index is 0.0276. The Balaban J connectivity index is -0.000000177. The summed E-state index contributed by atoms with van der Waals surface area (Å²) >= 11 is 0. The van der Waals surface area contributed by atoms with Crippen LogP contribution in [0.25, 0.3) is 0 Å². The van der Waals surface area contributed by atoms with E-state index < -0.39 is 0 Å². The van der Waals surface area contributed by atoms with Crippen LogP contribution in [0.2, 0.25) is 0 Å². The van der Waals surface area contributed by atoms with Crippen LogP contribution in [-0.4, -0.2) is 31.3 Å². The van der Waals surface area contributed by atoms with Gasteiger partial charge in [0.15, 0.2) is 0 Å². The van der Waals surface area contributed by atoms with Gasteiger partial charge in [0, 0.05) is 13.0 Å². The summed E-state index contributed by atoms with van der Waals surface area (Å²) in [5, 5.41) is 5.38. The molecule has 0 fully saturated rings. The van der Waals surface area contributed by atoms with Crippen LogP contribution in [0, 0.1) is 0 Å². The quantitative estimate of drug-likeness (QED) is 0.752. The smallest absolute Gasteiger partial charge is 0.217 e. The molecule has 4 heteroatoms. The minimum atomic E-state index is -0.166. The highest BCUT2D eigenvalue weighted by Crippen LogP contribution is 1.66. The highest BCUT2D eigenvalue weighted by Gasteiger charge is 1.91. The van der Waals surface area contributed by atoms with Crippen LogP contribution < -0.4 is 10.6 Å². The predicted octanol–water partition coefficient (Wildman–Crippen LogP) is 1.35. The lowest BCUT2D eigenvalue weighted by atomic mass is 10.4. The van der Waals surface area contributed by atoms with Crippen molar-refractivity contribution in [1.29, 1.82) is 0 Å². The van der Waals surface area contributed by atoms with E-state index in [0.717, 1.165) is 0 Å². The molecule has 0 spiro atoms. The van der Waals surface area contributed by atoms with Gasteiger partial charge in [-0.15, -0.1) is 0 Å². The van der Waals surface area contributed by atoms with Crippen LogP contribution in [0.3, 0.4) is 0 Å². The number of carbonyl (C=O) groups excluding carboxylic acids is 2. The minimum Gasteiger partial charge on any atom is -0.349 e. The van der Waals surface area contributed by atoms with Crippen molar-refractivity contribution in [2.45, 2.75) is 47.6 Å². The Labute approximate surface area is 93.8 Å². The normalized spacial score (nSPS) is 8.00. The van der Waals surface area contributed by atoms with Gasteiger partial charge in [-0.3, -0.25) is 9.59 Å². The maximum atomic E-state index is 10.1. The van der Waals surface area contributed by atoms with Gasteiger partial charge >= 0.3 is 0 Å². The van der Waals surface area contributed by atoms with Gasteiger partial charge < -0.3 is 10.6 Å². The SMILES string of the molecule is CC.CC(=O)CNC(C)=O.CNC(C)C. The number of nitrogens with one attached hydrogen (secondary N) is 2. The second kappa shape index (κ2) is 15.6. The van der Waals surface area contributed by atoms with E-state index in [4.69, 9.17) is 0 Å². The Morgan fingerprint density at radius 1 is 1.13 bits per heavy atom. The summed E-state index contributed by atoms with van der Waals surface area (Å²) < 4.78 is 0. The van der Waals surface area contributed by atoms with E-state index in [1.54, 1.807) is 0 Å².